The number of aliphatic imine (C=N–C) groups is 1. The van der Waals surface area contributed by atoms with Crippen molar-refractivity contribution >= 4 is 46.6 Å². The molecule has 1 amide bonds. The molecule has 0 unspecified atom stereocenters. The van der Waals surface area contributed by atoms with Crippen molar-refractivity contribution in [3.63, 3.8) is 0 Å². The van der Waals surface area contributed by atoms with Gasteiger partial charge in [0.1, 0.15) is 5.15 Å². The number of aromatic nitrogens is 1. The summed E-state index contributed by atoms with van der Waals surface area (Å²) in [5.74, 6) is -0.604. The fourth-order valence-corrected chi connectivity index (χ4v) is 3.69. The number of carbonyl (C=O) groups is 1. The minimum Gasteiger partial charge on any atom is -0.404 e. The molecule has 1 aromatic carbocycles. The molecule has 0 radical (unpaired) electrons. The standard InChI is InChI=1S/C22H14Cl2F10N4O/c23-15-5-11(19(25,21(29,30)31)22(32,33)34)4-14(20(26,27)28)16(15)36-8-10(6-35)9-3-13(17(24)37-7-9)18(39)38-12-1-2-12/h3-8,12H,1-2,35H2,(H,38,39). The van der Waals surface area contributed by atoms with Crippen molar-refractivity contribution < 1.29 is 48.7 Å². The molecule has 2 aromatic rings. The van der Waals surface area contributed by atoms with Crippen LogP contribution < -0.4 is 11.1 Å². The van der Waals surface area contributed by atoms with E-state index in [9.17, 15) is 48.7 Å². The van der Waals surface area contributed by atoms with Crippen LogP contribution in [0.1, 0.15) is 39.9 Å². The number of benzene rings is 1. The van der Waals surface area contributed by atoms with Crippen molar-refractivity contribution in [2.45, 2.75) is 43.1 Å². The summed E-state index contributed by atoms with van der Waals surface area (Å²) >= 11 is 11.5. The van der Waals surface area contributed by atoms with Crippen molar-refractivity contribution in [2.75, 3.05) is 0 Å². The molecule has 1 aromatic heterocycles. The van der Waals surface area contributed by atoms with Crippen LogP contribution >= 0.6 is 23.2 Å². The summed E-state index contributed by atoms with van der Waals surface area (Å²) in [4.78, 5) is 19.6. The van der Waals surface area contributed by atoms with Gasteiger partial charge in [-0.3, -0.25) is 9.79 Å². The second kappa shape index (κ2) is 10.5. The summed E-state index contributed by atoms with van der Waals surface area (Å²) in [5.41, 5.74) is -6.94. The van der Waals surface area contributed by atoms with Gasteiger partial charge >= 0.3 is 24.2 Å². The van der Waals surface area contributed by atoms with E-state index in [1.165, 1.54) is 6.07 Å². The Kier molecular flexibility index (Phi) is 8.19. The molecule has 3 rings (SSSR count). The van der Waals surface area contributed by atoms with E-state index in [1.807, 2.05) is 0 Å². The van der Waals surface area contributed by atoms with Crippen molar-refractivity contribution in [2.24, 2.45) is 10.7 Å². The molecular formula is C22H14Cl2F10N4O. The molecule has 3 N–H and O–H groups in total. The monoisotopic (exact) mass is 610 g/mol. The largest absolute Gasteiger partial charge is 0.435 e. The van der Waals surface area contributed by atoms with Crippen LogP contribution in [0.4, 0.5) is 49.6 Å². The molecule has 1 fully saturated rings. The molecule has 0 spiro atoms. The summed E-state index contributed by atoms with van der Waals surface area (Å²) in [5, 5.41) is 1.05. The van der Waals surface area contributed by atoms with Gasteiger partial charge in [-0.05, 0) is 31.0 Å². The fraction of sp³-hybridized carbons (Fsp3) is 0.318. The summed E-state index contributed by atoms with van der Waals surface area (Å²) in [7, 11) is 0. The first-order chi connectivity index (χ1) is 17.8. The Labute approximate surface area is 222 Å². The number of hydrogen-bond donors (Lipinski definition) is 2. The SMILES string of the molecule is NC=C(C=Nc1c(Cl)cc(C(F)(C(F)(F)F)C(F)(F)F)cc1C(F)(F)F)c1cnc(Cl)c(C(=O)NC2CC2)c1. The van der Waals surface area contributed by atoms with Gasteiger partial charge in [0, 0.05) is 41.4 Å². The minimum atomic E-state index is -6.68. The van der Waals surface area contributed by atoms with Gasteiger partial charge in [-0.25, -0.2) is 9.37 Å². The van der Waals surface area contributed by atoms with Gasteiger partial charge in [0.25, 0.3) is 5.91 Å². The van der Waals surface area contributed by atoms with Gasteiger partial charge in [-0.1, -0.05) is 23.2 Å². The summed E-state index contributed by atoms with van der Waals surface area (Å²) < 4.78 is 134. The smallest absolute Gasteiger partial charge is 0.404 e. The minimum absolute atomic E-state index is 0.00446. The molecule has 0 aliphatic heterocycles. The lowest BCUT2D eigenvalue weighted by atomic mass is 9.92. The summed E-state index contributed by atoms with van der Waals surface area (Å²) in [6.45, 7) is 0. The Balaban J connectivity index is 2.09. The maximum absolute atomic E-state index is 14.4. The van der Waals surface area contributed by atoms with Crippen LogP contribution in [-0.4, -0.2) is 35.5 Å². The Bertz CT molecular complexity index is 1320. The molecule has 212 valence electrons. The van der Waals surface area contributed by atoms with Crippen LogP contribution in [0, 0.1) is 0 Å². The predicted octanol–water partition coefficient (Wildman–Crippen LogP) is 7.29. The lowest BCUT2D eigenvalue weighted by Crippen LogP contribution is -2.50. The number of carbonyl (C=O) groups excluding carboxylic acids is 1. The normalized spacial score (nSPS) is 15.6. The zero-order chi connectivity index (χ0) is 29.6. The molecule has 1 saturated carbocycles. The van der Waals surface area contributed by atoms with Crippen molar-refractivity contribution in [1.29, 1.82) is 0 Å². The Morgan fingerprint density at radius 1 is 1.00 bits per heavy atom. The molecular weight excluding hydrogens is 597 g/mol. The lowest BCUT2D eigenvalue weighted by molar-refractivity contribution is -0.348. The van der Waals surface area contributed by atoms with E-state index in [1.54, 1.807) is 0 Å². The van der Waals surface area contributed by atoms with Crippen LogP contribution in [0.25, 0.3) is 5.57 Å². The van der Waals surface area contributed by atoms with Crippen molar-refractivity contribution in [3.8, 4) is 0 Å². The number of alkyl halides is 10. The van der Waals surface area contributed by atoms with E-state index < -0.39 is 58.0 Å². The zero-order valence-corrected chi connectivity index (χ0v) is 20.4. The number of nitrogens with one attached hydrogen (secondary N) is 1. The molecule has 1 heterocycles. The second-order valence-electron chi connectivity index (χ2n) is 8.20. The van der Waals surface area contributed by atoms with E-state index in [0.29, 0.717) is 6.21 Å². The average Bonchev–Trinajstić information content (AvgIpc) is 3.61. The predicted molar refractivity (Wildman–Crippen MR) is 121 cm³/mol. The number of nitrogens with zero attached hydrogens (tertiary/aromatic N) is 2. The molecule has 1 aliphatic carbocycles. The van der Waals surface area contributed by atoms with Gasteiger partial charge in [-0.15, -0.1) is 0 Å². The number of amides is 1. The topological polar surface area (TPSA) is 80.4 Å². The van der Waals surface area contributed by atoms with Crippen LogP contribution in [0.15, 0.2) is 35.6 Å². The highest BCUT2D eigenvalue weighted by Gasteiger charge is 2.73. The zero-order valence-electron chi connectivity index (χ0n) is 18.9. The Morgan fingerprint density at radius 2 is 1.59 bits per heavy atom. The van der Waals surface area contributed by atoms with Gasteiger partial charge < -0.3 is 11.1 Å². The van der Waals surface area contributed by atoms with Gasteiger partial charge in [0.05, 0.1) is 21.8 Å². The van der Waals surface area contributed by atoms with E-state index >= 15 is 0 Å². The van der Waals surface area contributed by atoms with Crippen LogP contribution in [0.3, 0.4) is 0 Å². The third kappa shape index (κ3) is 6.24. The molecule has 39 heavy (non-hydrogen) atoms. The van der Waals surface area contributed by atoms with E-state index in [2.05, 4.69) is 15.3 Å². The third-order valence-electron chi connectivity index (χ3n) is 5.39. The number of rotatable bonds is 6. The molecule has 0 saturated heterocycles. The highest BCUT2D eigenvalue weighted by molar-refractivity contribution is 6.34. The van der Waals surface area contributed by atoms with E-state index in [4.69, 9.17) is 28.9 Å². The first kappa shape index (κ1) is 30.5. The van der Waals surface area contributed by atoms with Crippen molar-refractivity contribution in [1.82, 2.24) is 10.3 Å². The first-order valence-corrected chi connectivity index (χ1v) is 11.2. The fourth-order valence-electron chi connectivity index (χ4n) is 3.24. The maximum atomic E-state index is 14.4. The number of hydrogen-bond acceptors (Lipinski definition) is 4. The number of nitrogens with two attached hydrogens (primary N) is 1. The second-order valence-corrected chi connectivity index (χ2v) is 8.96. The first-order valence-electron chi connectivity index (χ1n) is 10.5. The summed E-state index contributed by atoms with van der Waals surface area (Å²) in [6, 6.07) is 0.194. The van der Waals surface area contributed by atoms with Crippen LogP contribution in [0.2, 0.25) is 10.2 Å². The quantitative estimate of drug-likeness (QED) is 0.205. The van der Waals surface area contributed by atoms with Crippen molar-refractivity contribution in [3.05, 3.63) is 63.0 Å². The summed E-state index contributed by atoms with van der Waals surface area (Å²) in [6.07, 6.45) is -15.0. The number of pyridine rings is 1. The van der Waals surface area contributed by atoms with Crippen LogP contribution in [0.5, 0.6) is 0 Å². The van der Waals surface area contributed by atoms with Gasteiger partial charge in [-0.2, -0.15) is 39.5 Å². The maximum Gasteiger partial charge on any atom is 0.435 e. The van der Waals surface area contributed by atoms with E-state index in [-0.39, 0.29) is 34.0 Å². The lowest BCUT2D eigenvalue weighted by Gasteiger charge is -2.31. The molecule has 5 nitrogen and oxygen atoms in total. The average molecular weight is 611 g/mol. The highest BCUT2D eigenvalue weighted by Crippen LogP contribution is 2.55. The van der Waals surface area contributed by atoms with Gasteiger partial charge in [0.2, 0.25) is 0 Å². The third-order valence-corrected chi connectivity index (χ3v) is 5.98. The Morgan fingerprint density at radius 3 is 2.08 bits per heavy atom. The molecule has 1 aliphatic rings. The highest BCUT2D eigenvalue weighted by atomic mass is 35.5. The van der Waals surface area contributed by atoms with Gasteiger partial charge in [0.15, 0.2) is 0 Å². The molecule has 17 heteroatoms. The van der Waals surface area contributed by atoms with E-state index in [0.717, 1.165) is 25.2 Å². The molecule has 0 bridgehead atoms. The van der Waals surface area contributed by atoms with Crippen LogP contribution in [-0.2, 0) is 11.8 Å². The number of halogens is 12. The molecule has 0 atom stereocenters. The number of allylic oxidation sites excluding steroid dienone is 1. The Hall–Kier alpha value is -3.07.